The van der Waals surface area contributed by atoms with Gasteiger partial charge in [-0.15, -0.1) is 0 Å². The first-order valence-electron chi connectivity index (χ1n) is 6.68. The minimum absolute atomic E-state index is 0.00843. The van der Waals surface area contributed by atoms with Crippen LogP contribution in [0, 0.1) is 0 Å². The minimum atomic E-state index is -0.0576. The van der Waals surface area contributed by atoms with Crippen LogP contribution in [-0.2, 0) is 9.59 Å². The lowest BCUT2D eigenvalue weighted by Gasteiger charge is -2.18. The van der Waals surface area contributed by atoms with Gasteiger partial charge in [0.1, 0.15) is 17.1 Å². The second kappa shape index (κ2) is 7.11. The van der Waals surface area contributed by atoms with Crippen LogP contribution in [0.2, 0.25) is 0 Å². The molecular weight excluding hydrogens is 312 g/mol. The van der Waals surface area contributed by atoms with E-state index in [1.807, 2.05) is 0 Å². The number of nitrogens with two attached hydrogens (primary N) is 2. The molecule has 0 spiro atoms. The molecule has 0 amide bonds. The van der Waals surface area contributed by atoms with Crippen LogP contribution in [-0.4, -0.2) is 26.4 Å². The second-order valence-electron chi connectivity index (χ2n) is 4.58. The SMILES string of the molecule is COc1c(N)c(N=C=O)c(N=C=O)c(-c2ccc(N)cc2)c1OC. The normalized spacial score (nSPS) is 9.58. The summed E-state index contributed by atoms with van der Waals surface area (Å²) in [6.07, 6.45) is 2.82. The van der Waals surface area contributed by atoms with Crippen LogP contribution in [0.1, 0.15) is 0 Å². The first kappa shape index (κ1) is 16.8. The molecule has 0 saturated carbocycles. The van der Waals surface area contributed by atoms with Gasteiger partial charge in [-0.2, -0.15) is 9.98 Å². The van der Waals surface area contributed by atoms with Crippen LogP contribution in [0.4, 0.5) is 22.7 Å². The largest absolute Gasteiger partial charge is 0.492 e. The van der Waals surface area contributed by atoms with Gasteiger partial charge >= 0.3 is 0 Å². The van der Waals surface area contributed by atoms with E-state index in [2.05, 4.69) is 9.98 Å². The van der Waals surface area contributed by atoms with Crippen molar-refractivity contribution in [1.29, 1.82) is 0 Å². The number of nitrogen functional groups attached to an aromatic ring is 2. The highest BCUT2D eigenvalue weighted by Crippen LogP contribution is 2.54. The monoisotopic (exact) mass is 326 g/mol. The Kier molecular flexibility index (Phi) is 4.96. The molecule has 122 valence electrons. The molecule has 8 heteroatoms. The molecule has 0 aliphatic heterocycles. The van der Waals surface area contributed by atoms with E-state index in [-0.39, 0.29) is 28.6 Å². The highest BCUT2D eigenvalue weighted by molar-refractivity contribution is 5.99. The lowest BCUT2D eigenvalue weighted by Crippen LogP contribution is -2.00. The summed E-state index contributed by atoms with van der Waals surface area (Å²) in [4.78, 5) is 28.8. The van der Waals surface area contributed by atoms with Crippen LogP contribution >= 0.6 is 0 Å². The molecule has 2 aromatic carbocycles. The van der Waals surface area contributed by atoms with Gasteiger partial charge in [0.25, 0.3) is 0 Å². The van der Waals surface area contributed by atoms with Gasteiger partial charge in [-0.1, -0.05) is 12.1 Å². The lowest BCUT2D eigenvalue weighted by atomic mass is 9.99. The Morgan fingerprint density at radius 1 is 0.875 bits per heavy atom. The quantitative estimate of drug-likeness (QED) is 0.493. The zero-order valence-corrected chi connectivity index (χ0v) is 13.0. The van der Waals surface area contributed by atoms with Crippen molar-refractivity contribution in [2.45, 2.75) is 0 Å². The Bertz CT molecular complexity index is 865. The molecule has 0 heterocycles. The zero-order valence-electron chi connectivity index (χ0n) is 13.0. The van der Waals surface area contributed by atoms with Gasteiger partial charge in [-0.25, -0.2) is 9.59 Å². The predicted molar refractivity (Wildman–Crippen MR) is 89.4 cm³/mol. The molecule has 8 nitrogen and oxygen atoms in total. The standard InChI is InChI=1S/C16H14N4O4/c1-23-15-11(9-3-5-10(17)6-4-9)13(19-7-21)14(20-8-22)12(18)16(15)24-2/h3-6H,17-18H2,1-2H3. The van der Waals surface area contributed by atoms with Crippen LogP contribution in [0.5, 0.6) is 11.5 Å². The molecule has 2 aromatic rings. The Labute approximate surface area is 137 Å². The molecule has 0 atom stereocenters. The third-order valence-corrected chi connectivity index (χ3v) is 3.32. The van der Waals surface area contributed by atoms with E-state index in [1.54, 1.807) is 24.3 Å². The van der Waals surface area contributed by atoms with Crippen molar-refractivity contribution in [3.05, 3.63) is 24.3 Å². The number of benzene rings is 2. The average Bonchev–Trinajstić information content (AvgIpc) is 2.59. The fraction of sp³-hybridized carbons (Fsp3) is 0.125. The Morgan fingerprint density at radius 3 is 1.92 bits per heavy atom. The van der Waals surface area contributed by atoms with Crippen molar-refractivity contribution < 1.29 is 19.1 Å². The number of ether oxygens (including phenoxy) is 2. The minimum Gasteiger partial charge on any atom is -0.492 e. The van der Waals surface area contributed by atoms with Crippen molar-refractivity contribution in [1.82, 2.24) is 0 Å². The number of hydrogen-bond acceptors (Lipinski definition) is 8. The fourth-order valence-electron chi connectivity index (χ4n) is 2.33. The highest BCUT2D eigenvalue weighted by Gasteiger charge is 2.25. The van der Waals surface area contributed by atoms with Gasteiger partial charge in [0.15, 0.2) is 11.5 Å². The van der Waals surface area contributed by atoms with E-state index in [1.165, 1.54) is 26.4 Å². The van der Waals surface area contributed by atoms with Crippen molar-refractivity contribution in [3.63, 3.8) is 0 Å². The Balaban J connectivity index is 3.02. The van der Waals surface area contributed by atoms with Crippen molar-refractivity contribution in [3.8, 4) is 22.6 Å². The van der Waals surface area contributed by atoms with Gasteiger partial charge in [0.2, 0.25) is 12.2 Å². The molecule has 0 aliphatic carbocycles. The van der Waals surface area contributed by atoms with E-state index in [0.717, 1.165) is 0 Å². The molecule has 0 aromatic heterocycles. The summed E-state index contributed by atoms with van der Waals surface area (Å²) in [5.41, 5.74) is 13.1. The fourth-order valence-corrected chi connectivity index (χ4v) is 2.33. The molecule has 2 rings (SSSR count). The maximum Gasteiger partial charge on any atom is 0.240 e. The molecule has 4 N–H and O–H groups in total. The highest BCUT2D eigenvalue weighted by atomic mass is 16.5. The summed E-state index contributed by atoms with van der Waals surface area (Å²) in [6.45, 7) is 0. The van der Waals surface area contributed by atoms with E-state index in [0.29, 0.717) is 16.8 Å². The van der Waals surface area contributed by atoms with Gasteiger partial charge in [-0.3, -0.25) is 0 Å². The number of nitrogens with zero attached hydrogens (tertiary/aromatic N) is 2. The van der Waals surface area contributed by atoms with Crippen LogP contribution < -0.4 is 20.9 Å². The smallest absolute Gasteiger partial charge is 0.240 e. The predicted octanol–water partition coefficient (Wildman–Crippen LogP) is 2.47. The summed E-state index contributed by atoms with van der Waals surface area (Å²) in [5, 5.41) is 0. The van der Waals surface area contributed by atoms with E-state index in [4.69, 9.17) is 20.9 Å². The first-order chi connectivity index (χ1) is 11.6. The molecular formula is C16H14N4O4. The molecule has 24 heavy (non-hydrogen) atoms. The van der Waals surface area contributed by atoms with Gasteiger partial charge in [-0.05, 0) is 17.7 Å². The summed E-state index contributed by atoms with van der Waals surface area (Å²) >= 11 is 0. The number of anilines is 2. The third-order valence-electron chi connectivity index (χ3n) is 3.32. The van der Waals surface area contributed by atoms with Crippen LogP contribution in [0.3, 0.4) is 0 Å². The molecule has 0 aliphatic rings. The Hall–Kier alpha value is -3.60. The molecule has 0 fully saturated rings. The van der Waals surface area contributed by atoms with Crippen LogP contribution in [0.25, 0.3) is 11.1 Å². The van der Waals surface area contributed by atoms with Crippen molar-refractivity contribution in [2.24, 2.45) is 9.98 Å². The number of aliphatic imine (C=N–C) groups is 2. The van der Waals surface area contributed by atoms with Crippen LogP contribution in [0.15, 0.2) is 34.3 Å². The van der Waals surface area contributed by atoms with Crippen molar-refractivity contribution in [2.75, 3.05) is 25.7 Å². The summed E-state index contributed by atoms with van der Waals surface area (Å²) < 4.78 is 10.7. The van der Waals surface area contributed by atoms with E-state index in [9.17, 15) is 9.59 Å². The van der Waals surface area contributed by atoms with Gasteiger partial charge in [0, 0.05) is 5.69 Å². The van der Waals surface area contributed by atoms with Gasteiger partial charge < -0.3 is 20.9 Å². The molecule has 0 unspecified atom stereocenters. The van der Waals surface area contributed by atoms with E-state index >= 15 is 0 Å². The number of hydrogen-bond donors (Lipinski definition) is 2. The number of methoxy groups -OCH3 is 2. The number of carbonyl (C=O) groups excluding carboxylic acids is 2. The number of isocyanates is 2. The van der Waals surface area contributed by atoms with Gasteiger partial charge in [0.05, 0.1) is 19.8 Å². The summed E-state index contributed by atoms with van der Waals surface area (Å²) in [5.74, 6) is 0.391. The molecule has 0 radical (unpaired) electrons. The zero-order chi connectivity index (χ0) is 17.7. The molecule has 0 bridgehead atoms. The Morgan fingerprint density at radius 2 is 1.42 bits per heavy atom. The summed E-state index contributed by atoms with van der Waals surface area (Å²) in [7, 11) is 2.80. The maximum atomic E-state index is 10.9. The summed E-state index contributed by atoms with van der Waals surface area (Å²) in [6, 6.07) is 6.71. The maximum absolute atomic E-state index is 10.9. The molecule has 0 saturated heterocycles. The third kappa shape index (κ3) is 2.83. The lowest BCUT2D eigenvalue weighted by molar-refractivity contribution is 0.358. The van der Waals surface area contributed by atoms with Crippen molar-refractivity contribution >= 4 is 34.9 Å². The topological polar surface area (TPSA) is 129 Å². The first-order valence-corrected chi connectivity index (χ1v) is 6.68. The second-order valence-corrected chi connectivity index (χ2v) is 4.58. The number of rotatable bonds is 5. The van der Waals surface area contributed by atoms with E-state index < -0.39 is 0 Å². The average molecular weight is 326 g/mol.